The Bertz CT molecular complexity index is 1490. The average molecular weight is 526 g/mol. The van der Waals surface area contributed by atoms with E-state index in [0.717, 1.165) is 10.5 Å². The van der Waals surface area contributed by atoms with Gasteiger partial charge in [0.2, 0.25) is 5.91 Å². The van der Waals surface area contributed by atoms with E-state index in [1.807, 2.05) is 36.4 Å². The van der Waals surface area contributed by atoms with Crippen molar-refractivity contribution < 1.29 is 19.3 Å². The summed E-state index contributed by atoms with van der Waals surface area (Å²) >= 11 is 1.31. The zero-order chi connectivity index (χ0) is 27.1. The highest BCUT2D eigenvalue weighted by Crippen LogP contribution is 2.37. The number of hydrogen-bond donors (Lipinski definition) is 2. The fraction of sp³-hybridized carbons (Fsp3) is 0.0690. The number of hydrogen-bond acceptors (Lipinski definition) is 6. The predicted molar refractivity (Wildman–Crippen MR) is 148 cm³/mol. The van der Waals surface area contributed by atoms with Gasteiger partial charge in [0.1, 0.15) is 5.25 Å². The number of thioether (sulfide) groups is 1. The van der Waals surface area contributed by atoms with Crippen LogP contribution >= 0.6 is 11.8 Å². The maximum Gasteiger partial charge on any atom is 0.270 e. The van der Waals surface area contributed by atoms with Crippen LogP contribution in [0.15, 0.2) is 108 Å². The van der Waals surface area contributed by atoms with E-state index < -0.39 is 16.1 Å². The van der Waals surface area contributed by atoms with Gasteiger partial charge in [-0.05, 0) is 61.0 Å². The van der Waals surface area contributed by atoms with Gasteiger partial charge in [0.15, 0.2) is 5.78 Å². The summed E-state index contributed by atoms with van der Waals surface area (Å²) in [6.07, 6.45) is 0. The Labute approximate surface area is 223 Å². The second-order valence-electron chi connectivity index (χ2n) is 8.32. The molecule has 0 saturated carbocycles. The molecular formula is C29H23N3O5S. The lowest BCUT2D eigenvalue weighted by molar-refractivity contribution is -0.384. The number of benzene rings is 4. The maximum absolute atomic E-state index is 13.3. The van der Waals surface area contributed by atoms with Crippen molar-refractivity contribution in [2.45, 2.75) is 17.1 Å². The number of nitro benzene ring substituents is 1. The van der Waals surface area contributed by atoms with Crippen LogP contribution in [0.5, 0.6) is 0 Å². The third-order valence-electron chi connectivity index (χ3n) is 5.56. The number of rotatable bonds is 9. The number of ketones is 1. The summed E-state index contributed by atoms with van der Waals surface area (Å²) in [7, 11) is 0. The van der Waals surface area contributed by atoms with Crippen molar-refractivity contribution in [3.8, 4) is 0 Å². The van der Waals surface area contributed by atoms with Crippen LogP contribution in [-0.2, 0) is 4.79 Å². The lowest BCUT2D eigenvalue weighted by Gasteiger charge is -2.18. The van der Waals surface area contributed by atoms with Crippen LogP contribution in [-0.4, -0.2) is 22.5 Å². The molecule has 0 fully saturated rings. The van der Waals surface area contributed by atoms with Crippen molar-refractivity contribution in [3.63, 3.8) is 0 Å². The molecule has 1 atom stereocenters. The summed E-state index contributed by atoms with van der Waals surface area (Å²) in [6.45, 7) is 1.48. The van der Waals surface area contributed by atoms with E-state index in [1.165, 1.54) is 43.0 Å². The molecule has 8 nitrogen and oxygen atoms in total. The molecule has 4 rings (SSSR count). The Kier molecular flexibility index (Phi) is 8.30. The first kappa shape index (κ1) is 26.3. The second kappa shape index (κ2) is 12.0. The Morgan fingerprint density at radius 3 is 2.16 bits per heavy atom. The minimum Gasteiger partial charge on any atom is -0.325 e. The minimum absolute atomic E-state index is 0.0574. The molecule has 4 aromatic carbocycles. The predicted octanol–water partition coefficient (Wildman–Crippen LogP) is 6.52. The van der Waals surface area contributed by atoms with E-state index in [2.05, 4.69) is 10.6 Å². The van der Waals surface area contributed by atoms with Gasteiger partial charge in [-0.15, -0.1) is 11.8 Å². The van der Waals surface area contributed by atoms with Crippen LogP contribution < -0.4 is 10.6 Å². The Morgan fingerprint density at radius 2 is 1.47 bits per heavy atom. The molecule has 9 heteroatoms. The number of nitrogens with zero attached hydrogens (tertiary/aromatic N) is 1. The molecule has 38 heavy (non-hydrogen) atoms. The van der Waals surface area contributed by atoms with Gasteiger partial charge in [0.05, 0.1) is 4.92 Å². The zero-order valence-corrected chi connectivity index (χ0v) is 21.1. The number of amides is 2. The van der Waals surface area contributed by atoms with Crippen molar-refractivity contribution in [1.29, 1.82) is 0 Å². The van der Waals surface area contributed by atoms with Gasteiger partial charge < -0.3 is 10.6 Å². The Balaban J connectivity index is 1.53. The van der Waals surface area contributed by atoms with Gasteiger partial charge >= 0.3 is 0 Å². The van der Waals surface area contributed by atoms with Gasteiger partial charge in [-0.25, -0.2) is 0 Å². The lowest BCUT2D eigenvalue weighted by Crippen LogP contribution is -2.19. The van der Waals surface area contributed by atoms with E-state index >= 15 is 0 Å². The molecular weight excluding hydrogens is 502 g/mol. The van der Waals surface area contributed by atoms with Crippen molar-refractivity contribution in [3.05, 3.63) is 130 Å². The smallest absolute Gasteiger partial charge is 0.270 e. The van der Waals surface area contributed by atoms with Gasteiger partial charge in [-0.3, -0.25) is 24.5 Å². The molecule has 0 aromatic heterocycles. The number of anilines is 2. The monoisotopic (exact) mass is 525 g/mol. The van der Waals surface area contributed by atoms with Crippen LogP contribution in [0.4, 0.5) is 17.1 Å². The first-order chi connectivity index (χ1) is 18.3. The van der Waals surface area contributed by atoms with Gasteiger partial charge in [-0.1, -0.05) is 42.5 Å². The lowest BCUT2D eigenvalue weighted by atomic mass is 10.1. The highest BCUT2D eigenvalue weighted by Gasteiger charge is 2.23. The van der Waals surface area contributed by atoms with Crippen molar-refractivity contribution in [2.75, 3.05) is 10.6 Å². The number of Topliss-reactive ketones (excluding diaryl/α,β-unsaturated/α-hetero) is 1. The number of non-ortho nitro benzene ring substituents is 1. The topological polar surface area (TPSA) is 118 Å². The first-order valence-corrected chi connectivity index (χ1v) is 12.5. The number of carbonyl (C=O) groups excluding carboxylic acids is 3. The molecule has 0 aliphatic heterocycles. The molecule has 0 spiro atoms. The van der Waals surface area contributed by atoms with Crippen molar-refractivity contribution in [1.82, 2.24) is 0 Å². The molecule has 0 heterocycles. The van der Waals surface area contributed by atoms with Gasteiger partial charge in [0.25, 0.3) is 11.6 Å². The van der Waals surface area contributed by atoms with Crippen LogP contribution in [0.3, 0.4) is 0 Å². The highest BCUT2D eigenvalue weighted by molar-refractivity contribution is 8.00. The van der Waals surface area contributed by atoms with Gasteiger partial charge in [0, 0.05) is 39.5 Å². The third-order valence-corrected chi connectivity index (χ3v) is 6.81. The number of nitro groups is 1. The molecule has 0 radical (unpaired) electrons. The second-order valence-corrected chi connectivity index (χ2v) is 9.50. The zero-order valence-electron chi connectivity index (χ0n) is 20.3. The summed E-state index contributed by atoms with van der Waals surface area (Å²) in [6, 6.07) is 28.5. The van der Waals surface area contributed by atoms with E-state index in [4.69, 9.17) is 0 Å². The normalized spacial score (nSPS) is 11.3. The molecule has 4 aromatic rings. The molecule has 0 aliphatic carbocycles. The molecule has 190 valence electrons. The van der Waals surface area contributed by atoms with E-state index in [-0.39, 0.29) is 22.9 Å². The summed E-state index contributed by atoms with van der Waals surface area (Å²) in [5.41, 5.74) is 2.39. The van der Waals surface area contributed by atoms with Gasteiger partial charge in [-0.2, -0.15) is 0 Å². The van der Waals surface area contributed by atoms with E-state index in [9.17, 15) is 24.5 Å². The summed E-state index contributed by atoms with van der Waals surface area (Å²) in [5.74, 6) is -0.789. The van der Waals surface area contributed by atoms with Crippen LogP contribution in [0.2, 0.25) is 0 Å². The molecule has 1 unspecified atom stereocenters. The molecule has 2 amide bonds. The highest BCUT2D eigenvalue weighted by atomic mass is 32.2. The molecule has 0 bridgehead atoms. The summed E-state index contributed by atoms with van der Waals surface area (Å²) in [5, 5.41) is 16.1. The quantitative estimate of drug-likeness (QED) is 0.111. The maximum atomic E-state index is 13.3. The molecule has 0 saturated heterocycles. The standard InChI is InChI=1S/C29H23N3O5S/c1-19(33)20-13-15-23(16-14-20)30-29(35)27(21-7-3-2-4-8-21)38-26-12-6-10-24(18-26)31-28(34)22-9-5-11-25(17-22)32(36)37/h2-18,27H,1H3,(H,30,35)(H,31,34). The summed E-state index contributed by atoms with van der Waals surface area (Å²) < 4.78 is 0. The minimum atomic E-state index is -0.605. The Morgan fingerprint density at radius 1 is 0.763 bits per heavy atom. The van der Waals surface area contributed by atoms with E-state index in [0.29, 0.717) is 16.9 Å². The number of carbonyl (C=O) groups is 3. The van der Waals surface area contributed by atoms with E-state index in [1.54, 1.807) is 42.5 Å². The average Bonchev–Trinajstić information content (AvgIpc) is 2.92. The largest absolute Gasteiger partial charge is 0.325 e. The molecule has 2 N–H and O–H groups in total. The fourth-order valence-electron chi connectivity index (χ4n) is 3.64. The number of nitrogens with one attached hydrogen (secondary N) is 2. The first-order valence-electron chi connectivity index (χ1n) is 11.6. The van der Waals surface area contributed by atoms with Crippen molar-refractivity contribution >= 4 is 46.4 Å². The van der Waals surface area contributed by atoms with Crippen LogP contribution in [0, 0.1) is 10.1 Å². The van der Waals surface area contributed by atoms with Crippen LogP contribution in [0.1, 0.15) is 38.5 Å². The summed E-state index contributed by atoms with van der Waals surface area (Å²) in [4.78, 5) is 48.8. The Hall–Kier alpha value is -4.76. The third kappa shape index (κ3) is 6.71. The van der Waals surface area contributed by atoms with Crippen molar-refractivity contribution in [2.24, 2.45) is 0 Å². The molecule has 0 aliphatic rings. The fourth-order valence-corrected chi connectivity index (χ4v) is 4.73. The SMILES string of the molecule is CC(=O)c1ccc(NC(=O)C(Sc2cccc(NC(=O)c3cccc([N+](=O)[O-])c3)c2)c2ccccc2)cc1. The van der Waals surface area contributed by atoms with Crippen LogP contribution in [0.25, 0.3) is 0 Å².